The zero-order valence-corrected chi connectivity index (χ0v) is 19.4. The van der Waals surface area contributed by atoms with E-state index in [1.807, 2.05) is 60.7 Å². The molecule has 7 nitrogen and oxygen atoms in total. The fourth-order valence-electron chi connectivity index (χ4n) is 4.02. The van der Waals surface area contributed by atoms with E-state index in [9.17, 15) is 20.4 Å². The lowest BCUT2D eigenvalue weighted by atomic mass is 9.99. The van der Waals surface area contributed by atoms with E-state index in [-0.39, 0.29) is 28.2 Å². The van der Waals surface area contributed by atoms with Crippen LogP contribution >= 0.6 is 0 Å². The molecule has 0 aliphatic heterocycles. The first kappa shape index (κ1) is 23.1. The Morgan fingerprint density at radius 3 is 2.27 bits per heavy atom. The molecule has 2 aromatic heterocycles. The summed E-state index contributed by atoms with van der Waals surface area (Å²) in [7, 11) is 0. The second kappa shape index (κ2) is 9.91. The molecule has 0 unspecified atom stereocenters. The van der Waals surface area contributed by atoms with Gasteiger partial charge in [-0.15, -0.1) is 0 Å². The molecule has 0 amide bonds. The minimum atomic E-state index is -0.738. The van der Waals surface area contributed by atoms with Crippen LogP contribution in [0.3, 0.4) is 0 Å². The molecule has 0 spiro atoms. The average Bonchev–Trinajstić information content (AvgIpc) is 3.35. The Labute approximate surface area is 211 Å². The largest absolute Gasteiger partial charge is 0.506 e. The summed E-state index contributed by atoms with van der Waals surface area (Å²) in [4.78, 5) is 13.0. The number of aromatic hydroxyl groups is 1. The van der Waals surface area contributed by atoms with Gasteiger partial charge in [0.2, 0.25) is 0 Å². The molecule has 176 valence electrons. The van der Waals surface area contributed by atoms with Crippen molar-refractivity contribution in [3.05, 3.63) is 124 Å². The number of aromatic nitrogens is 2. The number of hydrogen-bond donors (Lipinski definition) is 1. The van der Waals surface area contributed by atoms with Crippen LogP contribution < -0.4 is 5.63 Å². The Morgan fingerprint density at radius 2 is 1.57 bits per heavy atom. The molecule has 7 heteroatoms. The van der Waals surface area contributed by atoms with Crippen LogP contribution in [-0.4, -0.2) is 14.9 Å². The van der Waals surface area contributed by atoms with Crippen molar-refractivity contribution in [1.29, 1.82) is 10.5 Å². The van der Waals surface area contributed by atoms with Crippen molar-refractivity contribution >= 4 is 22.6 Å². The molecule has 0 fully saturated rings. The highest BCUT2D eigenvalue weighted by Gasteiger charge is 2.22. The summed E-state index contributed by atoms with van der Waals surface area (Å²) in [6.07, 6.45) is 5.00. The average molecular weight is 482 g/mol. The van der Waals surface area contributed by atoms with Crippen molar-refractivity contribution in [2.24, 2.45) is 0 Å². The minimum Gasteiger partial charge on any atom is -0.506 e. The monoisotopic (exact) mass is 482 g/mol. The molecule has 3 aromatic carbocycles. The van der Waals surface area contributed by atoms with Gasteiger partial charge in [0.25, 0.3) is 0 Å². The van der Waals surface area contributed by atoms with E-state index in [0.717, 1.165) is 5.69 Å². The zero-order valence-electron chi connectivity index (χ0n) is 19.4. The quantitative estimate of drug-likeness (QED) is 0.190. The maximum atomic E-state index is 13.0. The van der Waals surface area contributed by atoms with Crippen LogP contribution in [0.2, 0.25) is 0 Å². The number of allylic oxidation sites excluding steroid dienone is 3. The van der Waals surface area contributed by atoms with Crippen molar-refractivity contribution in [2.45, 2.75) is 0 Å². The van der Waals surface area contributed by atoms with Gasteiger partial charge in [-0.25, -0.2) is 9.48 Å². The molecule has 5 rings (SSSR count). The lowest BCUT2D eigenvalue weighted by molar-refractivity contribution is 0.470. The maximum absolute atomic E-state index is 13.0. The number of fused-ring (bicyclic) bond motifs is 1. The van der Waals surface area contributed by atoms with Gasteiger partial charge < -0.3 is 9.52 Å². The Balaban J connectivity index is 1.74. The molecule has 2 heterocycles. The highest BCUT2D eigenvalue weighted by molar-refractivity contribution is 5.92. The molecule has 1 N–H and O–H groups in total. The van der Waals surface area contributed by atoms with E-state index in [4.69, 9.17) is 4.42 Å². The maximum Gasteiger partial charge on any atom is 0.349 e. The van der Waals surface area contributed by atoms with Gasteiger partial charge in [0.05, 0.1) is 11.1 Å². The number of para-hydroxylation sites is 2. The van der Waals surface area contributed by atoms with E-state index in [2.05, 4.69) is 5.10 Å². The van der Waals surface area contributed by atoms with Gasteiger partial charge in [-0.05, 0) is 29.8 Å². The summed E-state index contributed by atoms with van der Waals surface area (Å²) in [5.41, 5.74) is 1.88. The smallest absolute Gasteiger partial charge is 0.349 e. The molecule has 0 bridgehead atoms. The van der Waals surface area contributed by atoms with Gasteiger partial charge >= 0.3 is 5.63 Å². The lowest BCUT2D eigenvalue weighted by Gasteiger charge is -2.06. The van der Waals surface area contributed by atoms with Crippen molar-refractivity contribution in [3.63, 3.8) is 0 Å². The highest BCUT2D eigenvalue weighted by atomic mass is 16.4. The van der Waals surface area contributed by atoms with Crippen molar-refractivity contribution in [2.75, 3.05) is 0 Å². The number of nitriles is 2. The van der Waals surface area contributed by atoms with Crippen molar-refractivity contribution in [3.8, 4) is 34.8 Å². The topological polar surface area (TPSA) is 116 Å². The van der Waals surface area contributed by atoms with Crippen molar-refractivity contribution < 1.29 is 9.52 Å². The van der Waals surface area contributed by atoms with Gasteiger partial charge in [0.1, 0.15) is 40.3 Å². The molecule has 0 saturated heterocycles. The summed E-state index contributed by atoms with van der Waals surface area (Å²) in [6.45, 7) is 0. The first-order valence-corrected chi connectivity index (χ1v) is 11.3. The van der Waals surface area contributed by atoms with E-state index < -0.39 is 5.63 Å². The van der Waals surface area contributed by atoms with E-state index in [1.165, 1.54) is 0 Å². The van der Waals surface area contributed by atoms with E-state index >= 15 is 0 Å². The van der Waals surface area contributed by atoms with Crippen LogP contribution in [-0.2, 0) is 0 Å². The normalized spacial score (nSPS) is 10.8. The Bertz CT molecular complexity index is 1800. The first-order chi connectivity index (χ1) is 18.1. The van der Waals surface area contributed by atoms with Gasteiger partial charge in [-0.1, -0.05) is 72.8 Å². The molecule has 37 heavy (non-hydrogen) atoms. The molecular formula is C30H18N4O3. The molecule has 0 aliphatic rings. The third-order valence-electron chi connectivity index (χ3n) is 5.79. The predicted molar refractivity (Wildman–Crippen MR) is 140 cm³/mol. The summed E-state index contributed by atoms with van der Waals surface area (Å²) < 4.78 is 7.07. The standard InChI is InChI=1S/C30H18N4O3/c31-17-22(18-32)24(20-9-3-1-4-10-20)16-15-21-19-34(23-11-5-2-6-12-23)33-28(21)27-29(35)25-13-7-8-14-26(25)37-30(27)36/h1-16,19,35H/b16-15+. The number of rotatable bonds is 5. The predicted octanol–water partition coefficient (Wildman–Crippen LogP) is 5.87. The number of nitrogens with zero attached hydrogens (tertiary/aromatic N) is 4. The van der Waals surface area contributed by atoms with Crippen molar-refractivity contribution in [1.82, 2.24) is 9.78 Å². The molecule has 0 aliphatic carbocycles. The Kier molecular flexibility index (Phi) is 6.19. The first-order valence-electron chi connectivity index (χ1n) is 11.3. The summed E-state index contributed by atoms with van der Waals surface area (Å²) >= 11 is 0. The summed E-state index contributed by atoms with van der Waals surface area (Å²) in [5.74, 6) is -0.242. The fraction of sp³-hybridized carbons (Fsp3) is 0. The lowest BCUT2D eigenvalue weighted by Crippen LogP contribution is -2.05. The summed E-state index contributed by atoms with van der Waals surface area (Å²) in [5, 5.41) is 35.2. The Morgan fingerprint density at radius 1 is 0.919 bits per heavy atom. The van der Waals surface area contributed by atoms with Crippen LogP contribution in [0.25, 0.3) is 39.6 Å². The summed E-state index contributed by atoms with van der Waals surface area (Å²) in [6, 6.07) is 28.9. The minimum absolute atomic E-state index is 0.0625. The van der Waals surface area contributed by atoms with Crippen LogP contribution in [0, 0.1) is 22.7 Å². The van der Waals surface area contributed by atoms with Crippen LogP contribution in [0.1, 0.15) is 11.1 Å². The molecule has 5 aromatic rings. The number of hydrogen-bond acceptors (Lipinski definition) is 6. The van der Waals surface area contributed by atoms with Crippen LogP contribution in [0.5, 0.6) is 5.75 Å². The molecule has 0 saturated carbocycles. The van der Waals surface area contributed by atoms with Gasteiger partial charge in [0.15, 0.2) is 0 Å². The molecule has 0 radical (unpaired) electrons. The second-order valence-corrected chi connectivity index (χ2v) is 8.03. The van der Waals surface area contributed by atoms with Gasteiger partial charge in [-0.3, -0.25) is 0 Å². The third kappa shape index (κ3) is 4.41. The zero-order chi connectivity index (χ0) is 25.8. The fourth-order valence-corrected chi connectivity index (χ4v) is 4.02. The molecular weight excluding hydrogens is 464 g/mol. The van der Waals surface area contributed by atoms with Gasteiger partial charge in [-0.2, -0.15) is 15.6 Å². The highest BCUT2D eigenvalue weighted by Crippen LogP contribution is 2.35. The van der Waals surface area contributed by atoms with E-state index in [1.54, 1.807) is 59.4 Å². The molecule has 0 atom stereocenters. The van der Waals surface area contributed by atoms with Crippen LogP contribution in [0.15, 0.2) is 112 Å². The third-order valence-corrected chi connectivity index (χ3v) is 5.79. The van der Waals surface area contributed by atoms with Crippen LogP contribution in [0.4, 0.5) is 0 Å². The van der Waals surface area contributed by atoms with E-state index in [0.29, 0.717) is 22.1 Å². The van der Waals surface area contributed by atoms with Gasteiger partial charge in [0, 0.05) is 17.3 Å². The SMILES string of the molecule is N#CC(C#N)=C(/C=C/c1cn(-c2ccccc2)nc1-c1c(O)c2ccccc2oc1=O)c1ccccc1. The second-order valence-electron chi connectivity index (χ2n) is 8.03. The number of benzene rings is 3. The Hall–Kier alpha value is -5.66.